The number of nitrogens with one attached hydrogen (secondary N) is 1. The molecule has 1 aromatic rings. The maximum Gasteiger partial charge on any atom is 0.213 e. The van der Waals surface area contributed by atoms with Crippen molar-refractivity contribution < 1.29 is 14.4 Å². The third-order valence-corrected chi connectivity index (χ3v) is 3.09. The number of carbonyl (C=O) groups excluding carboxylic acids is 2. The minimum absolute atomic E-state index is 0.00849. The van der Waals surface area contributed by atoms with Crippen molar-refractivity contribution in [1.82, 2.24) is 9.36 Å². The summed E-state index contributed by atoms with van der Waals surface area (Å²) in [7, 11) is 0. The maximum atomic E-state index is 11.0. The van der Waals surface area contributed by atoms with Crippen LogP contribution in [0.5, 0.6) is 0 Å². The van der Waals surface area contributed by atoms with Gasteiger partial charge in [-0.1, -0.05) is 11.2 Å². The first-order valence-corrected chi connectivity index (χ1v) is 6.50. The van der Waals surface area contributed by atoms with E-state index in [4.69, 9.17) is 4.84 Å². The number of nitrogens with zero attached hydrogens (tertiary/aromatic N) is 3. The highest BCUT2D eigenvalue weighted by molar-refractivity contribution is 7.10. The fraction of sp³-hybridized carbons (Fsp3) is 0.364. The first kappa shape index (κ1) is 13.3. The average Bonchev–Trinajstić information content (AvgIpc) is 2.90. The van der Waals surface area contributed by atoms with Crippen LogP contribution in [0.2, 0.25) is 0 Å². The van der Waals surface area contributed by atoms with Gasteiger partial charge in [0.1, 0.15) is 6.10 Å². The first-order chi connectivity index (χ1) is 9.33. The highest BCUT2D eigenvalue weighted by Crippen LogP contribution is 2.14. The number of hydrogen-bond acceptors (Lipinski definition) is 7. The van der Waals surface area contributed by atoms with Crippen molar-refractivity contribution in [1.29, 1.82) is 0 Å². The number of carbonyl (C=O) groups is 2. The lowest BCUT2D eigenvalue weighted by Crippen LogP contribution is -2.13. The zero-order valence-electron chi connectivity index (χ0n) is 9.98. The van der Waals surface area contributed by atoms with Crippen LogP contribution in [-0.4, -0.2) is 33.9 Å². The summed E-state index contributed by atoms with van der Waals surface area (Å²) < 4.78 is 3.92. The summed E-state index contributed by atoms with van der Waals surface area (Å²) in [4.78, 5) is 30.4. The summed E-state index contributed by atoms with van der Waals surface area (Å²) in [6.45, 7) is 0. The van der Waals surface area contributed by atoms with E-state index >= 15 is 0 Å². The van der Waals surface area contributed by atoms with Crippen molar-refractivity contribution in [3.63, 3.8) is 0 Å². The number of hydrogen-bond donors (Lipinski definition) is 1. The largest absolute Gasteiger partial charge is 0.388 e. The molecule has 0 spiro atoms. The monoisotopic (exact) mass is 280 g/mol. The van der Waals surface area contributed by atoms with Gasteiger partial charge in [0, 0.05) is 11.5 Å². The van der Waals surface area contributed by atoms with Gasteiger partial charge in [0.15, 0.2) is 17.8 Å². The van der Waals surface area contributed by atoms with Crippen molar-refractivity contribution in [2.24, 2.45) is 5.16 Å². The van der Waals surface area contributed by atoms with Gasteiger partial charge < -0.3 is 10.2 Å². The molecule has 7 nitrogen and oxygen atoms in total. The maximum absolute atomic E-state index is 11.0. The molecule has 1 aliphatic rings. The summed E-state index contributed by atoms with van der Waals surface area (Å²) in [5.41, 5.74) is 0.00849. The van der Waals surface area contributed by atoms with E-state index in [9.17, 15) is 9.59 Å². The van der Waals surface area contributed by atoms with Crippen molar-refractivity contribution in [2.75, 3.05) is 5.32 Å². The SMILES string of the molecule is O=CNc1nc(/C(C=O)=N/OC2C=CCCC2)ns1. The standard InChI is InChI=1S/C11H12N4O3S/c16-6-9(10-13-11(12-7-17)19-15-10)14-18-8-4-2-1-3-5-8/h2,4,6-8H,1,3,5H2,(H,12,13,15,17)/b14-9+. The van der Waals surface area contributed by atoms with Crippen LogP contribution in [0.4, 0.5) is 5.13 Å². The normalized spacial score (nSPS) is 18.9. The molecule has 1 heterocycles. The second kappa shape index (κ2) is 6.74. The highest BCUT2D eigenvalue weighted by atomic mass is 32.1. The Kier molecular flexibility index (Phi) is 4.73. The van der Waals surface area contributed by atoms with Crippen molar-refractivity contribution >= 4 is 35.1 Å². The second-order valence-corrected chi connectivity index (χ2v) is 4.53. The molecule has 2 rings (SSSR count). The average molecular weight is 280 g/mol. The van der Waals surface area contributed by atoms with Crippen molar-refractivity contribution in [3.8, 4) is 0 Å². The topological polar surface area (TPSA) is 93.5 Å². The number of aldehydes is 1. The van der Waals surface area contributed by atoms with Gasteiger partial charge in [-0.25, -0.2) is 0 Å². The lowest BCUT2D eigenvalue weighted by molar-refractivity contribution is -0.105. The Labute approximate surface area is 113 Å². The zero-order valence-corrected chi connectivity index (χ0v) is 10.8. The molecule has 0 saturated carbocycles. The van der Waals surface area contributed by atoms with E-state index in [0.29, 0.717) is 17.8 Å². The third-order valence-electron chi connectivity index (χ3n) is 2.45. The predicted molar refractivity (Wildman–Crippen MR) is 70.1 cm³/mol. The highest BCUT2D eigenvalue weighted by Gasteiger charge is 2.13. The third kappa shape index (κ3) is 3.68. The molecule has 0 saturated heterocycles. The van der Waals surface area contributed by atoms with E-state index in [2.05, 4.69) is 19.8 Å². The molecule has 0 fully saturated rings. The molecule has 0 radical (unpaired) electrons. The summed E-state index contributed by atoms with van der Waals surface area (Å²) in [5, 5.41) is 6.43. The molecule has 1 amide bonds. The van der Waals surface area contributed by atoms with Crippen molar-refractivity contribution in [2.45, 2.75) is 25.4 Å². The summed E-state index contributed by atoms with van der Waals surface area (Å²) in [6.07, 6.45) is 7.79. The van der Waals surface area contributed by atoms with E-state index < -0.39 is 0 Å². The first-order valence-electron chi connectivity index (χ1n) is 5.73. The van der Waals surface area contributed by atoms with Gasteiger partial charge in [-0.05, 0) is 25.3 Å². The lowest BCUT2D eigenvalue weighted by atomic mass is 10.1. The lowest BCUT2D eigenvalue weighted by Gasteiger charge is -2.13. The molecule has 1 N–H and O–H groups in total. The van der Waals surface area contributed by atoms with Crippen LogP contribution >= 0.6 is 11.5 Å². The quantitative estimate of drug-likeness (QED) is 0.365. The molecule has 8 heteroatoms. The molecule has 0 aliphatic heterocycles. The molecule has 19 heavy (non-hydrogen) atoms. The van der Waals surface area contributed by atoms with Gasteiger partial charge in [-0.3, -0.25) is 9.59 Å². The zero-order chi connectivity index (χ0) is 13.5. The van der Waals surface area contributed by atoms with Crippen LogP contribution in [0, 0.1) is 0 Å². The smallest absolute Gasteiger partial charge is 0.213 e. The number of amides is 1. The minimum Gasteiger partial charge on any atom is -0.388 e. The predicted octanol–water partition coefficient (Wildman–Crippen LogP) is 1.13. The molecule has 100 valence electrons. The van der Waals surface area contributed by atoms with Gasteiger partial charge in [0.25, 0.3) is 0 Å². The number of oxime groups is 1. The van der Waals surface area contributed by atoms with E-state index in [-0.39, 0.29) is 17.6 Å². The molecule has 0 aromatic carbocycles. The Morgan fingerprint density at radius 1 is 1.58 bits per heavy atom. The second-order valence-electron chi connectivity index (χ2n) is 3.78. The summed E-state index contributed by atoms with van der Waals surface area (Å²) >= 11 is 0.967. The Balaban J connectivity index is 2.04. The fourth-order valence-electron chi connectivity index (χ4n) is 1.55. The minimum atomic E-state index is -0.116. The van der Waals surface area contributed by atoms with Gasteiger partial charge in [-0.15, -0.1) is 0 Å². The van der Waals surface area contributed by atoms with Crippen molar-refractivity contribution in [3.05, 3.63) is 18.0 Å². The van der Waals surface area contributed by atoms with Crippen LogP contribution in [0.1, 0.15) is 25.1 Å². The molecule has 0 bridgehead atoms. The van der Waals surface area contributed by atoms with Gasteiger partial charge >= 0.3 is 0 Å². The van der Waals surface area contributed by atoms with E-state index in [1.807, 2.05) is 12.2 Å². The molecular weight excluding hydrogens is 268 g/mol. The molecule has 1 aliphatic carbocycles. The van der Waals surface area contributed by atoms with Gasteiger partial charge in [0.05, 0.1) is 0 Å². The number of rotatable bonds is 6. The Hall–Kier alpha value is -2.09. The van der Waals surface area contributed by atoms with Crippen LogP contribution in [-0.2, 0) is 14.4 Å². The summed E-state index contributed by atoms with van der Waals surface area (Å²) in [5.74, 6) is 0.143. The summed E-state index contributed by atoms with van der Waals surface area (Å²) in [6, 6.07) is 0. The Morgan fingerprint density at radius 3 is 3.16 bits per heavy atom. The molecule has 1 atom stereocenters. The Bertz CT molecular complexity index is 512. The molecule has 1 unspecified atom stereocenters. The van der Waals surface area contributed by atoms with E-state index in [1.54, 1.807) is 0 Å². The molecule has 1 aromatic heterocycles. The van der Waals surface area contributed by atoms with Crippen LogP contribution < -0.4 is 5.32 Å². The molecular formula is C11H12N4O3S. The van der Waals surface area contributed by atoms with Crippen LogP contribution in [0.25, 0.3) is 0 Å². The number of anilines is 1. The number of aromatic nitrogens is 2. The van der Waals surface area contributed by atoms with Gasteiger partial charge in [-0.2, -0.15) is 9.36 Å². The fourth-order valence-corrected chi connectivity index (χ4v) is 2.08. The van der Waals surface area contributed by atoms with E-state index in [0.717, 1.165) is 30.8 Å². The van der Waals surface area contributed by atoms with Crippen LogP contribution in [0.3, 0.4) is 0 Å². The van der Waals surface area contributed by atoms with Crippen LogP contribution in [0.15, 0.2) is 17.3 Å². The Morgan fingerprint density at radius 2 is 2.47 bits per heavy atom. The van der Waals surface area contributed by atoms with E-state index in [1.165, 1.54) is 0 Å². The number of allylic oxidation sites excluding steroid dienone is 1. The van der Waals surface area contributed by atoms with Gasteiger partial charge in [0.2, 0.25) is 11.5 Å².